The monoisotopic (exact) mass is 384 g/mol. The number of nitrogens with one attached hydrogen (secondary N) is 1. The molecule has 4 nitrogen and oxygen atoms in total. The van der Waals surface area contributed by atoms with E-state index in [-0.39, 0.29) is 30.6 Å². The van der Waals surface area contributed by atoms with E-state index in [1.807, 2.05) is 39.0 Å². The fourth-order valence-corrected chi connectivity index (χ4v) is 3.02. The van der Waals surface area contributed by atoms with Crippen molar-refractivity contribution in [1.82, 2.24) is 10.2 Å². The number of nitrogens with zero attached hydrogens (tertiary/aromatic N) is 1. The maximum atomic E-state index is 13.2. The summed E-state index contributed by atoms with van der Waals surface area (Å²) < 4.78 is 13.2. The predicted molar refractivity (Wildman–Crippen MR) is 109 cm³/mol. The van der Waals surface area contributed by atoms with Crippen molar-refractivity contribution in [2.24, 2.45) is 0 Å². The average molecular weight is 384 g/mol. The highest BCUT2D eigenvalue weighted by Gasteiger charge is 2.26. The maximum Gasteiger partial charge on any atom is 0.242 e. The van der Waals surface area contributed by atoms with Gasteiger partial charge in [-0.3, -0.25) is 9.59 Å². The molecule has 5 heteroatoms. The van der Waals surface area contributed by atoms with Crippen molar-refractivity contribution in [3.63, 3.8) is 0 Å². The molecule has 0 fully saturated rings. The summed E-state index contributed by atoms with van der Waals surface area (Å²) in [5.41, 5.74) is 3.87. The Labute approximate surface area is 166 Å². The molecular formula is C23H29FN2O2. The minimum absolute atomic E-state index is 0.128. The van der Waals surface area contributed by atoms with Crippen LogP contribution in [0.15, 0.2) is 42.5 Å². The lowest BCUT2D eigenvalue weighted by Gasteiger charge is -2.29. The zero-order valence-corrected chi connectivity index (χ0v) is 17.1. The van der Waals surface area contributed by atoms with E-state index in [9.17, 15) is 14.0 Å². The van der Waals surface area contributed by atoms with E-state index in [2.05, 4.69) is 5.32 Å². The van der Waals surface area contributed by atoms with E-state index >= 15 is 0 Å². The average Bonchev–Trinajstić information content (AvgIpc) is 2.67. The molecule has 2 aromatic rings. The minimum Gasteiger partial charge on any atom is -0.354 e. The zero-order valence-electron chi connectivity index (χ0n) is 17.1. The van der Waals surface area contributed by atoms with Gasteiger partial charge in [0.1, 0.15) is 11.9 Å². The smallest absolute Gasteiger partial charge is 0.242 e. The maximum absolute atomic E-state index is 13.2. The Balaban J connectivity index is 2.24. The molecule has 28 heavy (non-hydrogen) atoms. The van der Waals surface area contributed by atoms with Crippen molar-refractivity contribution >= 4 is 11.8 Å². The van der Waals surface area contributed by atoms with Crippen LogP contribution in [0.2, 0.25) is 0 Å². The molecule has 0 radical (unpaired) electrons. The normalized spacial score (nSPS) is 11.8. The van der Waals surface area contributed by atoms with Gasteiger partial charge in [0.15, 0.2) is 0 Å². The molecule has 0 aliphatic carbocycles. The van der Waals surface area contributed by atoms with Gasteiger partial charge in [-0.05, 0) is 56.0 Å². The van der Waals surface area contributed by atoms with Gasteiger partial charge < -0.3 is 10.2 Å². The van der Waals surface area contributed by atoms with Crippen molar-refractivity contribution in [2.45, 2.75) is 53.1 Å². The van der Waals surface area contributed by atoms with Crippen LogP contribution in [0.4, 0.5) is 4.39 Å². The summed E-state index contributed by atoms with van der Waals surface area (Å²) in [6.07, 6.45) is 1.05. The summed E-state index contributed by atoms with van der Waals surface area (Å²) >= 11 is 0. The second-order valence-corrected chi connectivity index (χ2v) is 7.22. The lowest BCUT2D eigenvalue weighted by molar-refractivity contribution is -0.140. The fourth-order valence-electron chi connectivity index (χ4n) is 3.02. The SMILES string of the molecule is CCCNC(=O)[C@H](C)N(Cc1ccc(F)cc1)C(=O)Cc1cc(C)ccc1C. The molecule has 1 atom stereocenters. The Morgan fingerprint density at radius 1 is 1.11 bits per heavy atom. The van der Waals surface area contributed by atoms with Crippen molar-refractivity contribution < 1.29 is 14.0 Å². The Kier molecular flexibility index (Phi) is 7.73. The van der Waals surface area contributed by atoms with Gasteiger partial charge >= 0.3 is 0 Å². The minimum atomic E-state index is -0.616. The van der Waals surface area contributed by atoms with Gasteiger partial charge in [0.05, 0.1) is 6.42 Å². The standard InChI is InChI=1S/C23H29FN2O2/c1-5-12-25-23(28)18(4)26(15-19-8-10-21(24)11-9-19)22(27)14-20-13-16(2)6-7-17(20)3/h6-11,13,18H,5,12,14-15H2,1-4H3,(H,25,28)/t18-/m0/s1. The highest BCUT2D eigenvalue weighted by atomic mass is 19.1. The van der Waals surface area contributed by atoms with Crippen LogP contribution in [0.25, 0.3) is 0 Å². The zero-order chi connectivity index (χ0) is 20.7. The number of rotatable bonds is 8. The van der Waals surface area contributed by atoms with Crippen LogP contribution in [0.5, 0.6) is 0 Å². The number of carbonyl (C=O) groups is 2. The van der Waals surface area contributed by atoms with Crippen molar-refractivity contribution in [3.8, 4) is 0 Å². The van der Waals surface area contributed by atoms with E-state index in [1.54, 1.807) is 24.0 Å². The third-order valence-corrected chi connectivity index (χ3v) is 4.83. The third-order valence-electron chi connectivity index (χ3n) is 4.83. The summed E-state index contributed by atoms with van der Waals surface area (Å²) in [6.45, 7) is 8.50. The van der Waals surface area contributed by atoms with Gasteiger partial charge in [-0.25, -0.2) is 4.39 Å². The number of amides is 2. The topological polar surface area (TPSA) is 49.4 Å². The van der Waals surface area contributed by atoms with Crippen molar-refractivity contribution in [2.75, 3.05) is 6.54 Å². The molecule has 0 aliphatic rings. The largest absolute Gasteiger partial charge is 0.354 e. The number of benzene rings is 2. The van der Waals surface area contributed by atoms with Gasteiger partial charge in [-0.2, -0.15) is 0 Å². The van der Waals surface area contributed by atoms with E-state index in [1.165, 1.54) is 12.1 Å². The number of hydrogen-bond acceptors (Lipinski definition) is 2. The molecule has 2 aromatic carbocycles. The molecule has 0 heterocycles. The van der Waals surface area contributed by atoms with Gasteiger partial charge in [0.2, 0.25) is 11.8 Å². The predicted octanol–water partition coefficient (Wildman–Crippen LogP) is 3.93. The highest BCUT2D eigenvalue weighted by molar-refractivity contribution is 5.88. The summed E-state index contributed by atoms with van der Waals surface area (Å²) in [6, 6.07) is 11.4. The van der Waals surface area contributed by atoms with E-state index in [0.29, 0.717) is 6.54 Å². The van der Waals surface area contributed by atoms with E-state index in [0.717, 1.165) is 28.7 Å². The van der Waals surface area contributed by atoms with Crippen LogP contribution >= 0.6 is 0 Å². The first-order chi connectivity index (χ1) is 13.3. The molecule has 0 saturated heterocycles. The lowest BCUT2D eigenvalue weighted by Crippen LogP contribution is -2.48. The number of carbonyl (C=O) groups excluding carboxylic acids is 2. The van der Waals surface area contributed by atoms with Gasteiger partial charge in [-0.1, -0.05) is 42.8 Å². The summed E-state index contributed by atoms with van der Waals surface area (Å²) in [5, 5.41) is 2.85. The molecule has 0 aromatic heterocycles. The first-order valence-corrected chi connectivity index (χ1v) is 9.69. The van der Waals surface area contributed by atoms with Crippen LogP contribution < -0.4 is 5.32 Å². The first kappa shape index (κ1) is 21.6. The van der Waals surface area contributed by atoms with Crippen LogP contribution in [0, 0.1) is 19.7 Å². The van der Waals surface area contributed by atoms with Crippen molar-refractivity contribution in [1.29, 1.82) is 0 Å². The molecule has 150 valence electrons. The molecule has 0 saturated carbocycles. The fraction of sp³-hybridized carbons (Fsp3) is 0.391. The lowest BCUT2D eigenvalue weighted by atomic mass is 10.0. The Hall–Kier alpha value is -2.69. The third kappa shape index (κ3) is 5.91. The van der Waals surface area contributed by atoms with Gasteiger partial charge in [0.25, 0.3) is 0 Å². The first-order valence-electron chi connectivity index (χ1n) is 9.69. The van der Waals surface area contributed by atoms with Crippen LogP contribution in [0.1, 0.15) is 42.5 Å². The quantitative estimate of drug-likeness (QED) is 0.750. The van der Waals surface area contributed by atoms with Gasteiger partial charge in [0, 0.05) is 13.1 Å². The number of aryl methyl sites for hydroxylation is 2. The molecule has 2 amide bonds. The van der Waals surface area contributed by atoms with Crippen LogP contribution in [-0.2, 0) is 22.6 Å². The Morgan fingerprint density at radius 3 is 2.43 bits per heavy atom. The second kappa shape index (κ2) is 10.0. The van der Waals surface area contributed by atoms with Gasteiger partial charge in [-0.15, -0.1) is 0 Å². The molecule has 0 aliphatic heterocycles. The molecule has 1 N–H and O–H groups in total. The van der Waals surface area contributed by atoms with E-state index < -0.39 is 6.04 Å². The van der Waals surface area contributed by atoms with Crippen LogP contribution in [0.3, 0.4) is 0 Å². The summed E-state index contributed by atoms with van der Waals surface area (Å²) in [5.74, 6) is -0.638. The summed E-state index contributed by atoms with van der Waals surface area (Å²) in [4.78, 5) is 27.2. The number of halogens is 1. The second-order valence-electron chi connectivity index (χ2n) is 7.22. The molecule has 0 unspecified atom stereocenters. The Bertz CT molecular complexity index is 818. The molecule has 0 bridgehead atoms. The summed E-state index contributed by atoms with van der Waals surface area (Å²) in [7, 11) is 0. The number of hydrogen-bond donors (Lipinski definition) is 1. The van der Waals surface area contributed by atoms with Crippen molar-refractivity contribution in [3.05, 3.63) is 70.5 Å². The van der Waals surface area contributed by atoms with Crippen LogP contribution in [-0.4, -0.2) is 29.3 Å². The Morgan fingerprint density at radius 2 is 1.79 bits per heavy atom. The molecule has 2 rings (SSSR count). The highest BCUT2D eigenvalue weighted by Crippen LogP contribution is 2.16. The molecule has 0 spiro atoms. The molecular weight excluding hydrogens is 355 g/mol. The van der Waals surface area contributed by atoms with E-state index in [4.69, 9.17) is 0 Å².